The number of aromatic nitrogens is 2. The van der Waals surface area contributed by atoms with Crippen molar-refractivity contribution in [2.75, 3.05) is 12.4 Å². The second-order valence-electron chi connectivity index (χ2n) is 6.90. The van der Waals surface area contributed by atoms with Gasteiger partial charge in [-0.3, -0.25) is 19.0 Å². The van der Waals surface area contributed by atoms with E-state index in [1.54, 1.807) is 13.2 Å². The zero-order chi connectivity index (χ0) is 21.0. The molecule has 1 amide bonds. The molecule has 1 aromatic heterocycles. The lowest BCUT2D eigenvalue weighted by atomic mass is 10.1. The molecule has 2 aromatic carbocycles. The van der Waals surface area contributed by atoms with Gasteiger partial charge >= 0.3 is 11.1 Å². The predicted molar refractivity (Wildman–Crippen MR) is 112 cm³/mol. The quantitative estimate of drug-likeness (QED) is 0.652. The molecular weight excluding hydrogens is 370 g/mol. The number of methoxy groups -OCH3 is 1. The van der Waals surface area contributed by atoms with Gasteiger partial charge in [0.1, 0.15) is 12.3 Å². The number of carbonyl (C=O) groups excluding carboxylic acids is 1. The lowest BCUT2D eigenvalue weighted by Gasteiger charge is -2.12. The fourth-order valence-electron chi connectivity index (χ4n) is 3.21. The van der Waals surface area contributed by atoms with Gasteiger partial charge in [-0.1, -0.05) is 24.3 Å². The fraction of sp³-hybridized carbons (Fsp3) is 0.227. The van der Waals surface area contributed by atoms with E-state index < -0.39 is 11.1 Å². The van der Waals surface area contributed by atoms with E-state index in [1.165, 1.54) is 17.0 Å². The molecule has 7 nitrogen and oxygen atoms in total. The summed E-state index contributed by atoms with van der Waals surface area (Å²) in [4.78, 5) is 37.3. The van der Waals surface area contributed by atoms with Crippen LogP contribution in [0, 0.1) is 13.8 Å². The van der Waals surface area contributed by atoms with E-state index in [4.69, 9.17) is 4.74 Å². The highest BCUT2D eigenvalue weighted by molar-refractivity contribution is 5.90. The lowest BCUT2D eigenvalue weighted by molar-refractivity contribution is -0.116. The zero-order valence-corrected chi connectivity index (χ0v) is 16.6. The van der Waals surface area contributed by atoms with Crippen LogP contribution >= 0.6 is 0 Å². The molecular formula is C22H23N3O4. The second-order valence-corrected chi connectivity index (χ2v) is 6.90. The average molecular weight is 393 g/mol. The maximum atomic E-state index is 12.5. The van der Waals surface area contributed by atoms with Crippen LogP contribution in [0.3, 0.4) is 0 Å². The van der Waals surface area contributed by atoms with Crippen LogP contribution in [0.5, 0.6) is 5.75 Å². The Kier molecular flexibility index (Phi) is 5.97. The van der Waals surface area contributed by atoms with Crippen LogP contribution in [0.1, 0.15) is 16.7 Å². The first kappa shape index (κ1) is 20.1. The van der Waals surface area contributed by atoms with E-state index in [-0.39, 0.29) is 19.0 Å². The van der Waals surface area contributed by atoms with Gasteiger partial charge in [0, 0.05) is 23.6 Å². The highest BCUT2D eigenvalue weighted by atomic mass is 16.5. The summed E-state index contributed by atoms with van der Waals surface area (Å²) in [5, 5.41) is 2.76. The van der Waals surface area contributed by atoms with Gasteiger partial charge in [0.25, 0.3) is 0 Å². The summed E-state index contributed by atoms with van der Waals surface area (Å²) in [5.41, 5.74) is 2.04. The summed E-state index contributed by atoms with van der Waals surface area (Å²) in [6, 6.07) is 13.0. The number of aryl methyl sites for hydroxylation is 2. The van der Waals surface area contributed by atoms with Gasteiger partial charge in [-0.15, -0.1) is 0 Å². The molecule has 0 bridgehead atoms. The Bertz CT molecular complexity index is 1140. The lowest BCUT2D eigenvalue weighted by Crippen LogP contribution is -2.42. The average Bonchev–Trinajstić information content (AvgIpc) is 2.67. The van der Waals surface area contributed by atoms with Crippen molar-refractivity contribution in [2.45, 2.75) is 26.9 Å². The third-order valence-electron chi connectivity index (χ3n) is 4.48. The van der Waals surface area contributed by atoms with Crippen LogP contribution in [-0.4, -0.2) is 22.2 Å². The first-order chi connectivity index (χ1) is 13.9. The van der Waals surface area contributed by atoms with E-state index in [9.17, 15) is 14.4 Å². The molecule has 0 saturated carbocycles. The number of rotatable bonds is 6. The number of hydrogen-bond donors (Lipinski definition) is 1. The number of amides is 1. The zero-order valence-electron chi connectivity index (χ0n) is 16.6. The van der Waals surface area contributed by atoms with Crippen molar-refractivity contribution in [3.05, 3.63) is 92.3 Å². The molecule has 0 unspecified atom stereocenters. The fourth-order valence-corrected chi connectivity index (χ4v) is 3.21. The third-order valence-corrected chi connectivity index (χ3v) is 4.48. The van der Waals surface area contributed by atoms with Crippen molar-refractivity contribution < 1.29 is 9.53 Å². The highest BCUT2D eigenvalue weighted by Crippen LogP contribution is 2.17. The minimum Gasteiger partial charge on any atom is -0.496 e. The first-order valence-electron chi connectivity index (χ1n) is 9.17. The van der Waals surface area contributed by atoms with Crippen LogP contribution in [0.4, 0.5) is 5.69 Å². The van der Waals surface area contributed by atoms with Crippen LogP contribution in [0.2, 0.25) is 0 Å². The smallest absolute Gasteiger partial charge is 0.316 e. The largest absolute Gasteiger partial charge is 0.496 e. The number of benzene rings is 2. The Labute approximate surface area is 168 Å². The van der Waals surface area contributed by atoms with Gasteiger partial charge in [-0.2, -0.15) is 0 Å². The molecule has 0 spiro atoms. The molecule has 0 atom stereocenters. The van der Waals surface area contributed by atoms with E-state index in [0.717, 1.165) is 21.3 Å². The SMILES string of the molecule is COc1ccccc1Cn1ccn(CC(=O)Nc2cc(C)cc(C)c2)c(=O)c1=O. The van der Waals surface area contributed by atoms with Crippen molar-refractivity contribution in [3.63, 3.8) is 0 Å². The van der Waals surface area contributed by atoms with E-state index in [2.05, 4.69) is 5.32 Å². The molecule has 3 aromatic rings. The van der Waals surface area contributed by atoms with Crippen LogP contribution < -0.4 is 21.2 Å². The van der Waals surface area contributed by atoms with Gasteiger partial charge in [-0.05, 0) is 43.2 Å². The number of nitrogens with one attached hydrogen (secondary N) is 1. The molecule has 1 heterocycles. The Morgan fingerprint density at radius 3 is 2.28 bits per heavy atom. The number of ether oxygens (including phenoxy) is 1. The van der Waals surface area contributed by atoms with Gasteiger partial charge in [0.15, 0.2) is 0 Å². The summed E-state index contributed by atoms with van der Waals surface area (Å²) >= 11 is 0. The topological polar surface area (TPSA) is 82.3 Å². The Hall–Kier alpha value is -3.61. The summed E-state index contributed by atoms with van der Waals surface area (Å²) in [6.45, 7) is 3.84. The van der Waals surface area contributed by atoms with Crippen molar-refractivity contribution in [2.24, 2.45) is 0 Å². The molecule has 0 aliphatic carbocycles. The number of carbonyl (C=O) groups is 1. The highest BCUT2D eigenvalue weighted by Gasteiger charge is 2.11. The summed E-state index contributed by atoms with van der Waals surface area (Å²) in [7, 11) is 1.55. The van der Waals surface area contributed by atoms with Crippen molar-refractivity contribution in [3.8, 4) is 5.75 Å². The van der Waals surface area contributed by atoms with Gasteiger partial charge in [0.2, 0.25) is 5.91 Å². The molecule has 29 heavy (non-hydrogen) atoms. The molecule has 150 valence electrons. The minimum atomic E-state index is -0.752. The van der Waals surface area contributed by atoms with E-state index in [1.807, 2.05) is 50.2 Å². The maximum Gasteiger partial charge on any atom is 0.316 e. The molecule has 1 N–H and O–H groups in total. The molecule has 0 saturated heterocycles. The second kappa shape index (κ2) is 8.60. The monoisotopic (exact) mass is 393 g/mol. The Morgan fingerprint density at radius 2 is 1.59 bits per heavy atom. The molecule has 0 aliphatic heterocycles. The Balaban J connectivity index is 1.78. The predicted octanol–water partition coefficient (Wildman–Crippen LogP) is 2.32. The van der Waals surface area contributed by atoms with Gasteiger partial charge in [0.05, 0.1) is 13.7 Å². The molecule has 0 aliphatic rings. The first-order valence-corrected chi connectivity index (χ1v) is 9.17. The maximum absolute atomic E-state index is 12.5. The number of hydrogen-bond acceptors (Lipinski definition) is 4. The summed E-state index contributed by atoms with van der Waals surface area (Å²) in [5.74, 6) is 0.260. The molecule has 7 heteroatoms. The number of nitrogens with zero attached hydrogens (tertiary/aromatic N) is 2. The Morgan fingerprint density at radius 1 is 0.966 bits per heavy atom. The van der Waals surface area contributed by atoms with Gasteiger partial charge in [-0.25, -0.2) is 0 Å². The van der Waals surface area contributed by atoms with Crippen LogP contribution in [0.15, 0.2) is 64.4 Å². The van der Waals surface area contributed by atoms with Crippen LogP contribution in [-0.2, 0) is 17.9 Å². The third kappa shape index (κ3) is 4.82. The van der Waals surface area contributed by atoms with Crippen molar-refractivity contribution in [1.82, 2.24) is 9.13 Å². The van der Waals surface area contributed by atoms with Crippen LogP contribution in [0.25, 0.3) is 0 Å². The number of para-hydroxylation sites is 1. The normalized spacial score (nSPS) is 10.6. The molecule has 0 fully saturated rings. The van der Waals surface area contributed by atoms with E-state index >= 15 is 0 Å². The summed E-state index contributed by atoms with van der Waals surface area (Å²) < 4.78 is 7.70. The molecule has 0 radical (unpaired) electrons. The van der Waals surface area contributed by atoms with Crippen molar-refractivity contribution >= 4 is 11.6 Å². The van der Waals surface area contributed by atoms with E-state index in [0.29, 0.717) is 11.4 Å². The minimum absolute atomic E-state index is 0.202. The van der Waals surface area contributed by atoms with Gasteiger partial charge < -0.3 is 14.6 Å². The summed E-state index contributed by atoms with van der Waals surface area (Å²) in [6.07, 6.45) is 2.94. The number of anilines is 1. The standard InChI is InChI=1S/C22H23N3O4/c1-15-10-16(2)12-18(11-15)23-20(26)14-25-9-8-24(21(27)22(25)28)13-17-6-4-5-7-19(17)29-3/h4-12H,13-14H2,1-3H3,(H,23,26). The van der Waals surface area contributed by atoms with Crippen molar-refractivity contribution in [1.29, 1.82) is 0 Å². The molecule has 3 rings (SSSR count).